The Morgan fingerprint density at radius 2 is 1.00 bits per heavy atom. The molecular formula is C10HCuF7. The van der Waals surface area contributed by atoms with Crippen LogP contribution in [0, 0.1) is 40.7 Å². The average molecular weight is 318 g/mol. The number of benzene rings is 2. The zero-order chi connectivity index (χ0) is 12.9. The zero-order valence-corrected chi connectivity index (χ0v) is 8.97. The molecule has 2 aromatic rings. The van der Waals surface area contributed by atoms with Gasteiger partial charge in [0.05, 0.1) is 5.39 Å². The molecule has 0 saturated heterocycles. The van der Waals surface area contributed by atoms with Crippen LogP contribution >= 0.6 is 0 Å². The second-order valence-electron chi connectivity index (χ2n) is 3.16. The second-order valence-corrected chi connectivity index (χ2v) is 3.16. The van der Waals surface area contributed by atoms with E-state index in [4.69, 9.17) is 0 Å². The fourth-order valence-corrected chi connectivity index (χ4v) is 1.40. The van der Waals surface area contributed by atoms with Gasteiger partial charge in [0.15, 0.2) is 40.7 Å². The monoisotopic (exact) mass is 317 g/mol. The second kappa shape index (κ2) is 4.78. The molecule has 101 valence electrons. The average Bonchev–Trinajstić information content (AvgIpc) is 2.30. The summed E-state index contributed by atoms with van der Waals surface area (Å²) in [4.78, 5) is 0. The summed E-state index contributed by atoms with van der Waals surface area (Å²) in [5.41, 5.74) is 0. The van der Waals surface area contributed by atoms with Crippen molar-refractivity contribution in [1.82, 2.24) is 0 Å². The molecule has 18 heavy (non-hydrogen) atoms. The van der Waals surface area contributed by atoms with Crippen LogP contribution in [0.15, 0.2) is 6.07 Å². The van der Waals surface area contributed by atoms with Gasteiger partial charge in [0, 0.05) is 22.5 Å². The predicted octanol–water partition coefficient (Wildman–Crippen LogP) is 3.81. The van der Waals surface area contributed by atoms with Gasteiger partial charge in [-0.25, -0.2) is 30.7 Å². The van der Waals surface area contributed by atoms with Gasteiger partial charge in [-0.2, -0.15) is 0 Å². The van der Waals surface area contributed by atoms with E-state index >= 15 is 0 Å². The molecule has 0 aliphatic heterocycles. The van der Waals surface area contributed by atoms with Crippen LogP contribution in [0.3, 0.4) is 0 Å². The van der Waals surface area contributed by atoms with Crippen LogP contribution in [0.5, 0.6) is 0 Å². The maximum Gasteiger partial charge on any atom is 0.198 e. The van der Waals surface area contributed by atoms with Crippen molar-refractivity contribution >= 4 is 10.8 Å². The number of halogens is 7. The minimum Gasteiger partial charge on any atom is -0.204 e. The van der Waals surface area contributed by atoms with Gasteiger partial charge in [0.1, 0.15) is 0 Å². The predicted molar refractivity (Wildman–Crippen MR) is 43.7 cm³/mol. The van der Waals surface area contributed by atoms with Crippen molar-refractivity contribution in [3.63, 3.8) is 0 Å². The maximum absolute atomic E-state index is 13.1. The van der Waals surface area contributed by atoms with Crippen LogP contribution in [0.25, 0.3) is 10.8 Å². The van der Waals surface area contributed by atoms with Gasteiger partial charge in [-0.15, -0.1) is 0 Å². The van der Waals surface area contributed by atoms with Gasteiger partial charge < -0.3 is 0 Å². The molecule has 0 bridgehead atoms. The van der Waals surface area contributed by atoms with Crippen molar-refractivity contribution in [3.05, 3.63) is 46.8 Å². The van der Waals surface area contributed by atoms with Crippen molar-refractivity contribution in [2.75, 3.05) is 0 Å². The number of hydrogen-bond acceptors (Lipinski definition) is 0. The summed E-state index contributed by atoms with van der Waals surface area (Å²) >= 11 is 0. The van der Waals surface area contributed by atoms with Crippen LogP contribution in [0.2, 0.25) is 0 Å². The zero-order valence-electron chi connectivity index (χ0n) is 8.02. The molecule has 8 heteroatoms. The van der Waals surface area contributed by atoms with E-state index in [1.165, 1.54) is 0 Å². The Hall–Kier alpha value is -1.27. The third kappa shape index (κ3) is 1.85. The summed E-state index contributed by atoms with van der Waals surface area (Å²) in [6, 6.07) is 0.0503. The van der Waals surface area contributed by atoms with Crippen LogP contribution in [0.4, 0.5) is 30.7 Å². The SMILES string of the molecule is Fc1cc2c(F)c(F)c(F)c(F)c2c(F)c1F.[Cu]. The fraction of sp³-hybridized carbons (Fsp3) is 0. The van der Waals surface area contributed by atoms with Gasteiger partial charge in [0.25, 0.3) is 0 Å². The van der Waals surface area contributed by atoms with E-state index < -0.39 is 51.5 Å². The first kappa shape index (κ1) is 14.8. The van der Waals surface area contributed by atoms with E-state index in [1.807, 2.05) is 0 Å². The third-order valence-electron chi connectivity index (χ3n) is 2.20. The molecule has 0 atom stereocenters. The molecule has 2 rings (SSSR count). The van der Waals surface area contributed by atoms with Crippen molar-refractivity contribution in [3.8, 4) is 0 Å². The van der Waals surface area contributed by atoms with Crippen LogP contribution in [-0.2, 0) is 17.1 Å². The summed E-state index contributed by atoms with van der Waals surface area (Å²) in [6.07, 6.45) is 0. The summed E-state index contributed by atoms with van der Waals surface area (Å²) in [6.45, 7) is 0. The third-order valence-corrected chi connectivity index (χ3v) is 2.20. The van der Waals surface area contributed by atoms with Crippen molar-refractivity contribution < 1.29 is 47.8 Å². The number of hydrogen-bond donors (Lipinski definition) is 0. The molecule has 0 aromatic heterocycles. The summed E-state index contributed by atoms with van der Waals surface area (Å²) in [5.74, 6) is -14.7. The molecule has 0 saturated carbocycles. The Kier molecular flexibility index (Phi) is 3.92. The Morgan fingerprint density at radius 1 is 0.556 bits per heavy atom. The van der Waals surface area contributed by atoms with E-state index in [2.05, 4.69) is 0 Å². The normalized spacial score (nSPS) is 10.6. The molecule has 0 N–H and O–H groups in total. The van der Waals surface area contributed by atoms with Gasteiger partial charge in [-0.3, -0.25) is 0 Å². The minimum atomic E-state index is -2.29. The van der Waals surface area contributed by atoms with E-state index in [9.17, 15) is 30.7 Å². The smallest absolute Gasteiger partial charge is 0.198 e. The van der Waals surface area contributed by atoms with Gasteiger partial charge in [-0.1, -0.05) is 0 Å². The Labute approximate surface area is 106 Å². The molecule has 0 heterocycles. The molecule has 0 spiro atoms. The first-order valence-corrected chi connectivity index (χ1v) is 4.15. The van der Waals surface area contributed by atoms with Crippen molar-refractivity contribution in [1.29, 1.82) is 0 Å². The molecule has 0 aliphatic rings. The Balaban J connectivity index is 0.00000162. The minimum absolute atomic E-state index is 0. The molecule has 0 aliphatic carbocycles. The summed E-state index contributed by atoms with van der Waals surface area (Å²) in [5, 5.41) is -2.68. The maximum atomic E-state index is 13.1. The number of rotatable bonds is 0. The van der Waals surface area contributed by atoms with E-state index in [1.54, 1.807) is 0 Å². The molecule has 2 aromatic carbocycles. The fourth-order valence-electron chi connectivity index (χ4n) is 1.40. The largest absolute Gasteiger partial charge is 0.204 e. The first-order chi connectivity index (χ1) is 7.86. The number of fused-ring (bicyclic) bond motifs is 1. The Bertz CT molecular complexity index is 630. The first-order valence-electron chi connectivity index (χ1n) is 4.15. The van der Waals surface area contributed by atoms with Gasteiger partial charge >= 0.3 is 0 Å². The van der Waals surface area contributed by atoms with E-state index in [0.29, 0.717) is 0 Å². The van der Waals surface area contributed by atoms with Crippen LogP contribution in [-0.4, -0.2) is 0 Å². The summed E-state index contributed by atoms with van der Waals surface area (Å²) in [7, 11) is 0. The van der Waals surface area contributed by atoms with Crippen molar-refractivity contribution in [2.24, 2.45) is 0 Å². The molecular weight excluding hydrogens is 317 g/mol. The molecule has 1 radical (unpaired) electrons. The van der Waals surface area contributed by atoms with Crippen LogP contribution in [0.1, 0.15) is 0 Å². The Morgan fingerprint density at radius 3 is 1.56 bits per heavy atom. The van der Waals surface area contributed by atoms with E-state index in [-0.39, 0.29) is 23.1 Å². The molecule has 0 nitrogen and oxygen atoms in total. The standard InChI is InChI=1S/C10HF7.Cu/c11-3-1-2-4(7(14)6(3)13)8(15)10(17)9(16)5(2)12;/h1H;. The van der Waals surface area contributed by atoms with Crippen molar-refractivity contribution in [2.45, 2.75) is 0 Å². The van der Waals surface area contributed by atoms with Gasteiger partial charge in [0.2, 0.25) is 0 Å². The molecule has 0 fully saturated rings. The van der Waals surface area contributed by atoms with Crippen LogP contribution < -0.4 is 0 Å². The van der Waals surface area contributed by atoms with E-state index in [0.717, 1.165) is 0 Å². The van der Waals surface area contributed by atoms with Gasteiger partial charge in [-0.05, 0) is 6.07 Å². The molecule has 0 unspecified atom stereocenters. The topological polar surface area (TPSA) is 0 Å². The summed E-state index contributed by atoms with van der Waals surface area (Å²) < 4.78 is 90.3. The molecule has 0 amide bonds. The quantitative estimate of drug-likeness (QED) is 0.300.